The zero-order chi connectivity index (χ0) is 15.5. The first-order valence-corrected chi connectivity index (χ1v) is 9.62. The first kappa shape index (κ1) is 16.4. The number of nitrogens with two attached hydrogens (primary N) is 1. The van der Waals surface area contributed by atoms with Gasteiger partial charge in [0.05, 0.1) is 0 Å². The molecule has 0 unspecified atom stereocenters. The predicted octanol–water partition coefficient (Wildman–Crippen LogP) is 3.43. The number of sulfonamides is 1. The molecule has 0 bridgehead atoms. The summed E-state index contributed by atoms with van der Waals surface area (Å²) in [5, 5.41) is 0. The Kier molecular flexibility index (Phi) is 5.32. The number of thioether (sulfide) groups is 1. The van der Waals surface area contributed by atoms with Crippen molar-refractivity contribution in [3.05, 3.63) is 52.5 Å². The van der Waals surface area contributed by atoms with Gasteiger partial charge in [0, 0.05) is 21.6 Å². The molecule has 0 fully saturated rings. The topological polar surface area (TPSA) is 72.2 Å². The molecule has 0 aromatic heterocycles. The van der Waals surface area contributed by atoms with Gasteiger partial charge in [0.15, 0.2) is 0 Å². The van der Waals surface area contributed by atoms with Crippen LogP contribution < -0.4 is 10.5 Å². The highest BCUT2D eigenvalue weighted by Gasteiger charge is 2.18. The number of hydrogen-bond acceptors (Lipinski definition) is 4. The van der Waals surface area contributed by atoms with Gasteiger partial charge in [-0.05, 0) is 58.1 Å². The number of benzene rings is 2. The summed E-state index contributed by atoms with van der Waals surface area (Å²) in [5.41, 5.74) is 6.86. The molecule has 0 aliphatic heterocycles. The van der Waals surface area contributed by atoms with E-state index >= 15 is 0 Å². The fourth-order valence-corrected chi connectivity index (χ4v) is 4.30. The maximum absolute atomic E-state index is 12.5. The zero-order valence-corrected chi connectivity index (χ0v) is 14.6. The van der Waals surface area contributed by atoms with Crippen LogP contribution in [-0.2, 0) is 16.6 Å². The largest absolute Gasteiger partial charge is 0.326 e. The normalized spacial score (nSPS) is 11.4. The second kappa shape index (κ2) is 6.83. The highest BCUT2D eigenvalue weighted by Crippen LogP contribution is 2.26. The Balaban J connectivity index is 2.38. The van der Waals surface area contributed by atoms with Crippen molar-refractivity contribution >= 4 is 43.4 Å². The van der Waals surface area contributed by atoms with Crippen molar-refractivity contribution in [2.45, 2.75) is 16.3 Å². The van der Waals surface area contributed by atoms with Gasteiger partial charge in [0.2, 0.25) is 0 Å². The summed E-state index contributed by atoms with van der Waals surface area (Å²) >= 11 is 4.83. The second-order valence-corrected chi connectivity index (χ2v) is 7.69. The van der Waals surface area contributed by atoms with Crippen molar-refractivity contribution < 1.29 is 8.42 Å². The van der Waals surface area contributed by atoms with E-state index in [4.69, 9.17) is 5.73 Å². The molecule has 0 saturated heterocycles. The van der Waals surface area contributed by atoms with Gasteiger partial charge >= 0.3 is 0 Å². The molecule has 4 nitrogen and oxygen atoms in total. The SMILES string of the molecule is CSc1cccc(NS(=O)(=O)c2cc(CN)ccc2Br)c1. The Hall–Kier alpha value is -1.02. The van der Waals surface area contributed by atoms with Crippen LogP contribution in [0.15, 0.2) is 56.7 Å². The van der Waals surface area contributed by atoms with Crippen LogP contribution in [0.4, 0.5) is 5.69 Å². The van der Waals surface area contributed by atoms with Crippen LogP contribution >= 0.6 is 27.7 Å². The van der Waals surface area contributed by atoms with Gasteiger partial charge in [-0.15, -0.1) is 11.8 Å². The molecule has 0 saturated carbocycles. The Morgan fingerprint density at radius 3 is 2.67 bits per heavy atom. The number of nitrogens with one attached hydrogen (secondary N) is 1. The number of halogens is 1. The summed E-state index contributed by atoms with van der Waals surface area (Å²) in [5.74, 6) is 0. The lowest BCUT2D eigenvalue weighted by atomic mass is 10.2. The molecule has 2 aromatic rings. The fourth-order valence-electron chi connectivity index (χ4n) is 1.78. The van der Waals surface area contributed by atoms with E-state index in [0.717, 1.165) is 10.5 Å². The van der Waals surface area contributed by atoms with Gasteiger partial charge in [-0.25, -0.2) is 8.42 Å². The first-order valence-electron chi connectivity index (χ1n) is 6.11. The summed E-state index contributed by atoms with van der Waals surface area (Å²) in [6, 6.07) is 12.3. The first-order chi connectivity index (χ1) is 9.96. The smallest absolute Gasteiger partial charge is 0.263 e. The molecule has 0 amide bonds. The number of anilines is 1. The molecule has 112 valence electrons. The van der Waals surface area contributed by atoms with E-state index in [2.05, 4.69) is 20.7 Å². The summed E-state index contributed by atoms with van der Waals surface area (Å²) < 4.78 is 28.1. The van der Waals surface area contributed by atoms with E-state index in [1.807, 2.05) is 18.4 Å². The maximum Gasteiger partial charge on any atom is 0.263 e. The van der Waals surface area contributed by atoms with E-state index in [9.17, 15) is 8.42 Å². The standard InChI is InChI=1S/C14H15BrN2O2S2/c1-20-12-4-2-3-11(8-12)17-21(18,19)14-7-10(9-16)5-6-13(14)15/h2-8,17H,9,16H2,1H3. The molecule has 0 heterocycles. The van der Waals surface area contributed by atoms with Crippen molar-refractivity contribution in [3.8, 4) is 0 Å². The molecule has 0 radical (unpaired) electrons. The highest BCUT2D eigenvalue weighted by atomic mass is 79.9. The molecule has 7 heteroatoms. The molecule has 2 rings (SSSR count). The lowest BCUT2D eigenvalue weighted by Gasteiger charge is -2.11. The van der Waals surface area contributed by atoms with Crippen molar-refractivity contribution in [1.82, 2.24) is 0 Å². The van der Waals surface area contributed by atoms with Crippen LogP contribution in [-0.4, -0.2) is 14.7 Å². The van der Waals surface area contributed by atoms with Gasteiger partial charge in [-0.1, -0.05) is 12.1 Å². The Morgan fingerprint density at radius 2 is 2.00 bits per heavy atom. The number of hydrogen-bond donors (Lipinski definition) is 2. The van der Waals surface area contributed by atoms with Crippen LogP contribution in [0.25, 0.3) is 0 Å². The Labute approximate surface area is 137 Å². The van der Waals surface area contributed by atoms with Gasteiger partial charge < -0.3 is 5.73 Å². The molecule has 0 spiro atoms. The van der Waals surface area contributed by atoms with Crippen LogP contribution in [0.5, 0.6) is 0 Å². The van der Waals surface area contributed by atoms with Crippen molar-refractivity contribution in [2.75, 3.05) is 11.0 Å². The van der Waals surface area contributed by atoms with Gasteiger partial charge in [0.1, 0.15) is 4.90 Å². The minimum atomic E-state index is -3.66. The second-order valence-electron chi connectivity index (χ2n) is 4.31. The van der Waals surface area contributed by atoms with Crippen LogP contribution in [0.2, 0.25) is 0 Å². The van der Waals surface area contributed by atoms with E-state index in [-0.39, 0.29) is 11.4 Å². The fraction of sp³-hybridized carbons (Fsp3) is 0.143. The van der Waals surface area contributed by atoms with Crippen LogP contribution in [0.1, 0.15) is 5.56 Å². The van der Waals surface area contributed by atoms with Gasteiger partial charge in [-0.3, -0.25) is 4.72 Å². The minimum Gasteiger partial charge on any atom is -0.326 e. The summed E-state index contributed by atoms with van der Waals surface area (Å²) in [6.07, 6.45) is 1.94. The zero-order valence-electron chi connectivity index (χ0n) is 11.3. The predicted molar refractivity (Wildman–Crippen MR) is 91.1 cm³/mol. The van der Waals surface area contributed by atoms with Gasteiger partial charge in [0.25, 0.3) is 10.0 Å². The Bertz CT molecular complexity index is 748. The van der Waals surface area contributed by atoms with Crippen molar-refractivity contribution in [2.24, 2.45) is 5.73 Å². The molecule has 0 aliphatic rings. The van der Waals surface area contributed by atoms with E-state index in [1.54, 1.807) is 42.1 Å². The lowest BCUT2D eigenvalue weighted by molar-refractivity contribution is 0.600. The van der Waals surface area contributed by atoms with E-state index in [1.165, 1.54) is 0 Å². The van der Waals surface area contributed by atoms with Gasteiger partial charge in [-0.2, -0.15) is 0 Å². The quantitative estimate of drug-likeness (QED) is 0.771. The molecule has 21 heavy (non-hydrogen) atoms. The summed E-state index contributed by atoms with van der Waals surface area (Å²) in [6.45, 7) is 0.289. The molecule has 2 aromatic carbocycles. The third-order valence-corrected chi connectivity index (χ3v) is 5.94. The molecular weight excluding hydrogens is 372 g/mol. The molecular formula is C14H15BrN2O2S2. The molecule has 0 aliphatic carbocycles. The van der Waals surface area contributed by atoms with E-state index in [0.29, 0.717) is 10.2 Å². The molecule has 3 N–H and O–H groups in total. The van der Waals surface area contributed by atoms with Crippen molar-refractivity contribution in [1.29, 1.82) is 0 Å². The number of rotatable bonds is 5. The molecule has 0 atom stereocenters. The minimum absolute atomic E-state index is 0.181. The average Bonchev–Trinajstić information content (AvgIpc) is 2.47. The monoisotopic (exact) mass is 386 g/mol. The average molecular weight is 387 g/mol. The third kappa shape index (κ3) is 4.00. The Morgan fingerprint density at radius 1 is 1.24 bits per heavy atom. The summed E-state index contributed by atoms with van der Waals surface area (Å²) in [4.78, 5) is 1.17. The van der Waals surface area contributed by atoms with Crippen LogP contribution in [0, 0.1) is 0 Å². The third-order valence-electron chi connectivity index (χ3n) is 2.84. The van der Waals surface area contributed by atoms with Crippen LogP contribution in [0.3, 0.4) is 0 Å². The highest BCUT2D eigenvalue weighted by molar-refractivity contribution is 9.10. The van der Waals surface area contributed by atoms with E-state index < -0.39 is 10.0 Å². The van der Waals surface area contributed by atoms with Crippen molar-refractivity contribution in [3.63, 3.8) is 0 Å². The lowest BCUT2D eigenvalue weighted by Crippen LogP contribution is -2.14. The summed E-state index contributed by atoms with van der Waals surface area (Å²) in [7, 11) is -3.66. The maximum atomic E-state index is 12.5.